The lowest BCUT2D eigenvalue weighted by molar-refractivity contribution is -0.177. The van der Waals surface area contributed by atoms with Crippen molar-refractivity contribution in [1.29, 1.82) is 5.26 Å². The van der Waals surface area contributed by atoms with E-state index in [4.69, 9.17) is 16.9 Å². The van der Waals surface area contributed by atoms with Gasteiger partial charge in [0.1, 0.15) is 0 Å². The Morgan fingerprint density at radius 3 is 2.25 bits per heavy atom. The van der Waals surface area contributed by atoms with E-state index in [1.54, 1.807) is 0 Å². The number of likely N-dealkylation sites (tertiary alicyclic amines) is 1. The van der Waals surface area contributed by atoms with E-state index in [0.29, 0.717) is 43.2 Å². The van der Waals surface area contributed by atoms with Gasteiger partial charge in [-0.1, -0.05) is 23.7 Å². The number of aliphatic hydroxyl groups is 1. The molecule has 1 aliphatic heterocycles. The molecule has 0 radical (unpaired) electrons. The fraction of sp³-hybridized carbons (Fsp3) is 0.652. The average Bonchev–Trinajstić information content (AvgIpc) is 2.61. The predicted octanol–water partition coefficient (Wildman–Crippen LogP) is 3.67. The average molecular weight is 399 g/mol. The Hall–Kier alpha value is -1.57. The predicted molar refractivity (Wildman–Crippen MR) is 106 cm³/mol. The number of rotatable bonds is 4. The minimum absolute atomic E-state index is 0.00446. The highest BCUT2D eigenvalue weighted by molar-refractivity contribution is 6.30. The first kappa shape index (κ1) is 18.5. The van der Waals surface area contributed by atoms with Gasteiger partial charge in [0.2, 0.25) is 5.91 Å². The Bertz CT molecular complexity index is 779. The van der Waals surface area contributed by atoms with E-state index in [-0.39, 0.29) is 23.3 Å². The van der Waals surface area contributed by atoms with Gasteiger partial charge in [0.15, 0.2) is 0 Å². The molecule has 1 heterocycles. The van der Waals surface area contributed by atoms with E-state index >= 15 is 0 Å². The highest BCUT2D eigenvalue weighted by Crippen LogP contribution is 2.64. The Kier molecular flexibility index (Phi) is 4.45. The number of nitrogens with zero attached hydrogens (tertiary/aromatic N) is 2. The number of nitriles is 1. The highest BCUT2D eigenvalue weighted by Gasteiger charge is 2.60. The van der Waals surface area contributed by atoms with Crippen molar-refractivity contribution < 1.29 is 9.90 Å². The zero-order valence-corrected chi connectivity index (χ0v) is 16.8. The van der Waals surface area contributed by atoms with Gasteiger partial charge in [0, 0.05) is 24.5 Å². The summed E-state index contributed by atoms with van der Waals surface area (Å²) in [5.41, 5.74) is 1.24. The maximum atomic E-state index is 13.1. The molecule has 1 saturated heterocycles. The quantitative estimate of drug-likeness (QED) is 0.841. The van der Waals surface area contributed by atoms with Crippen molar-refractivity contribution in [3.8, 4) is 6.07 Å². The van der Waals surface area contributed by atoms with E-state index in [0.717, 1.165) is 37.1 Å². The largest absolute Gasteiger partial charge is 0.393 e. The minimum atomic E-state index is -0.136. The maximum absolute atomic E-state index is 13.1. The van der Waals surface area contributed by atoms with E-state index in [1.807, 2.05) is 17.0 Å². The van der Waals surface area contributed by atoms with Crippen LogP contribution in [0.2, 0.25) is 5.02 Å². The second kappa shape index (κ2) is 6.75. The summed E-state index contributed by atoms with van der Waals surface area (Å²) in [7, 11) is 0. The van der Waals surface area contributed by atoms with Gasteiger partial charge in [0.05, 0.1) is 18.1 Å². The first-order chi connectivity index (χ1) is 13.5. The number of hydrogen-bond donors (Lipinski definition) is 1. The lowest BCUT2D eigenvalue weighted by Crippen LogP contribution is -2.60. The monoisotopic (exact) mass is 398 g/mol. The number of hydrogen-bond acceptors (Lipinski definition) is 3. The molecule has 4 saturated carbocycles. The molecule has 1 aromatic rings. The summed E-state index contributed by atoms with van der Waals surface area (Å²) in [6.07, 6.45) is 5.57. The van der Waals surface area contributed by atoms with Crippen LogP contribution in [-0.4, -0.2) is 35.1 Å². The molecule has 28 heavy (non-hydrogen) atoms. The summed E-state index contributed by atoms with van der Waals surface area (Å²) in [5.74, 6) is 2.07. The van der Waals surface area contributed by atoms with Gasteiger partial charge in [-0.25, -0.2) is 0 Å². The zero-order chi connectivity index (χ0) is 19.5. The molecule has 4 nitrogen and oxygen atoms in total. The molecule has 1 amide bonds. The number of halogens is 1. The molecule has 0 unspecified atom stereocenters. The summed E-state index contributed by atoms with van der Waals surface area (Å²) in [6.45, 7) is 1.18. The minimum Gasteiger partial charge on any atom is -0.393 e. The van der Waals surface area contributed by atoms with Crippen LogP contribution in [0.1, 0.15) is 37.7 Å². The normalized spacial score (nSPS) is 38.9. The summed E-state index contributed by atoms with van der Waals surface area (Å²) in [6, 6.07) is 10.4. The zero-order valence-electron chi connectivity index (χ0n) is 16.1. The fourth-order valence-electron chi connectivity index (χ4n) is 6.84. The van der Waals surface area contributed by atoms with E-state index in [1.165, 1.54) is 5.56 Å². The molecule has 0 atom stereocenters. The van der Waals surface area contributed by atoms with Crippen LogP contribution in [0, 0.1) is 46.3 Å². The van der Waals surface area contributed by atoms with Crippen LogP contribution >= 0.6 is 11.6 Å². The molecule has 4 bridgehead atoms. The van der Waals surface area contributed by atoms with E-state index in [9.17, 15) is 9.90 Å². The smallest absolute Gasteiger partial charge is 0.223 e. The Labute approximate surface area is 171 Å². The van der Waals surface area contributed by atoms with Crippen molar-refractivity contribution in [2.45, 2.75) is 44.6 Å². The van der Waals surface area contributed by atoms with Crippen LogP contribution in [0.3, 0.4) is 0 Å². The Morgan fingerprint density at radius 2 is 1.71 bits per heavy atom. The molecule has 5 aliphatic rings. The first-order valence-corrected chi connectivity index (χ1v) is 11.0. The topological polar surface area (TPSA) is 64.3 Å². The third-order valence-corrected chi connectivity index (χ3v) is 8.54. The molecule has 5 fully saturated rings. The van der Waals surface area contributed by atoms with Crippen molar-refractivity contribution in [2.75, 3.05) is 13.1 Å². The highest BCUT2D eigenvalue weighted by atomic mass is 35.5. The van der Waals surface area contributed by atoms with Crippen LogP contribution in [0.5, 0.6) is 0 Å². The van der Waals surface area contributed by atoms with Crippen molar-refractivity contribution in [3.05, 3.63) is 34.9 Å². The number of benzene rings is 1. The molecule has 1 N–H and O–H groups in total. The third kappa shape index (κ3) is 2.86. The standard InChI is InChI=1S/C23H27ClN2O2/c24-20-3-1-14(2-4-20)9-23(10-21(27)26-12-15(11-25)13-26)18-5-16-6-19(23)8-17(7-18)22(16)28/h1-4,15-19,22,28H,5-10,12-13H2. The summed E-state index contributed by atoms with van der Waals surface area (Å²) in [4.78, 5) is 15.0. The van der Waals surface area contributed by atoms with Crippen molar-refractivity contribution >= 4 is 17.5 Å². The van der Waals surface area contributed by atoms with Gasteiger partial charge in [-0.2, -0.15) is 5.26 Å². The molecule has 4 aliphatic carbocycles. The van der Waals surface area contributed by atoms with E-state index in [2.05, 4.69) is 18.2 Å². The first-order valence-electron chi connectivity index (χ1n) is 10.6. The second-order valence-electron chi connectivity index (χ2n) is 9.69. The number of carbonyl (C=O) groups excluding carboxylic acids is 1. The number of aliphatic hydroxyl groups excluding tert-OH is 1. The van der Waals surface area contributed by atoms with Crippen LogP contribution in [0.4, 0.5) is 0 Å². The molecular formula is C23H27ClN2O2. The molecular weight excluding hydrogens is 372 g/mol. The molecule has 5 heteroatoms. The van der Waals surface area contributed by atoms with Gasteiger partial charge >= 0.3 is 0 Å². The molecule has 1 aromatic carbocycles. The molecule has 148 valence electrons. The lowest BCUT2D eigenvalue weighted by Gasteiger charge is -2.63. The van der Waals surface area contributed by atoms with Gasteiger partial charge in [-0.15, -0.1) is 0 Å². The summed E-state index contributed by atoms with van der Waals surface area (Å²) >= 11 is 6.09. The van der Waals surface area contributed by atoms with Crippen molar-refractivity contribution in [2.24, 2.45) is 35.0 Å². The van der Waals surface area contributed by atoms with Crippen LogP contribution in [0.15, 0.2) is 24.3 Å². The van der Waals surface area contributed by atoms with E-state index < -0.39 is 0 Å². The van der Waals surface area contributed by atoms with Crippen LogP contribution < -0.4 is 0 Å². The molecule has 0 aromatic heterocycles. The van der Waals surface area contributed by atoms with Crippen molar-refractivity contribution in [1.82, 2.24) is 4.90 Å². The number of carbonyl (C=O) groups is 1. The number of amides is 1. The maximum Gasteiger partial charge on any atom is 0.223 e. The van der Waals surface area contributed by atoms with Gasteiger partial charge in [0.25, 0.3) is 0 Å². The Balaban J connectivity index is 1.43. The molecule has 0 spiro atoms. The second-order valence-corrected chi connectivity index (χ2v) is 10.1. The Morgan fingerprint density at radius 1 is 1.14 bits per heavy atom. The fourth-order valence-corrected chi connectivity index (χ4v) is 6.97. The molecule has 6 rings (SSSR count). The lowest BCUT2D eigenvalue weighted by atomic mass is 9.42. The van der Waals surface area contributed by atoms with Crippen LogP contribution in [-0.2, 0) is 11.2 Å². The summed E-state index contributed by atoms with van der Waals surface area (Å²) in [5, 5.41) is 20.4. The van der Waals surface area contributed by atoms with Crippen molar-refractivity contribution in [3.63, 3.8) is 0 Å². The van der Waals surface area contributed by atoms with Gasteiger partial charge in [-0.3, -0.25) is 4.79 Å². The summed E-state index contributed by atoms with van der Waals surface area (Å²) < 4.78 is 0. The SMILES string of the molecule is N#CC1CN(C(=O)CC2(Cc3ccc(Cl)cc3)C3CC4CC2CC(C3)C4O)C1. The van der Waals surface area contributed by atoms with Crippen LogP contribution in [0.25, 0.3) is 0 Å². The third-order valence-electron chi connectivity index (χ3n) is 8.28. The van der Waals surface area contributed by atoms with Gasteiger partial charge in [-0.05, 0) is 78.9 Å². The van der Waals surface area contributed by atoms with Gasteiger partial charge < -0.3 is 10.0 Å².